The van der Waals surface area contributed by atoms with Crippen molar-refractivity contribution in [2.24, 2.45) is 14.1 Å². The van der Waals surface area contributed by atoms with Gasteiger partial charge < -0.3 is 13.7 Å². The summed E-state index contributed by atoms with van der Waals surface area (Å²) in [5.74, 6) is 0.414. The molecule has 4 aromatic rings. The van der Waals surface area contributed by atoms with Gasteiger partial charge in [0.25, 0.3) is 11.4 Å². The molecule has 1 N–H and O–H groups in total. The van der Waals surface area contributed by atoms with E-state index in [4.69, 9.17) is 4.52 Å². The van der Waals surface area contributed by atoms with E-state index < -0.39 is 11.2 Å². The number of H-pyrrole nitrogens is 1. The van der Waals surface area contributed by atoms with Crippen LogP contribution in [-0.2, 0) is 14.1 Å². The highest BCUT2D eigenvalue weighted by Gasteiger charge is 2.17. The molecule has 0 aliphatic heterocycles. The fraction of sp³-hybridized carbons (Fsp3) is 0.111. The second kappa shape index (κ2) is 5.99. The van der Waals surface area contributed by atoms with Gasteiger partial charge in [0.1, 0.15) is 11.3 Å². The Morgan fingerprint density at radius 2 is 1.73 bits per heavy atom. The summed E-state index contributed by atoms with van der Waals surface area (Å²) in [5, 5.41) is 3.88. The van der Waals surface area contributed by atoms with Gasteiger partial charge in [-0.25, -0.2) is 4.79 Å². The maximum Gasteiger partial charge on any atom is 0.328 e. The van der Waals surface area contributed by atoms with Crippen LogP contribution in [-0.4, -0.2) is 24.3 Å². The molecule has 26 heavy (non-hydrogen) atoms. The van der Waals surface area contributed by atoms with E-state index in [-0.39, 0.29) is 17.3 Å². The van der Waals surface area contributed by atoms with Crippen LogP contribution in [0.15, 0.2) is 62.8 Å². The predicted octanol–water partition coefficient (Wildman–Crippen LogP) is 1.80. The van der Waals surface area contributed by atoms with E-state index in [0.717, 1.165) is 17.0 Å². The zero-order chi connectivity index (χ0) is 18.3. The number of rotatable bonds is 3. The van der Waals surface area contributed by atoms with Gasteiger partial charge in [0.05, 0.1) is 0 Å². The number of aryl methyl sites for hydroxylation is 1. The standard InChI is InChI=1S/C18H15N5O3/c1-22-10-12(16(24)20-18(22)25)15-19-17(26-21-15)14-9-8-13(23(14)2)11-6-4-3-5-7-11/h3-10H,1-2H3,(H,20,24,25). The third-order valence-electron chi connectivity index (χ3n) is 4.19. The van der Waals surface area contributed by atoms with Gasteiger partial charge in [-0.15, -0.1) is 0 Å². The Morgan fingerprint density at radius 1 is 1.00 bits per heavy atom. The monoisotopic (exact) mass is 349 g/mol. The van der Waals surface area contributed by atoms with E-state index in [1.807, 2.05) is 54.1 Å². The zero-order valence-corrected chi connectivity index (χ0v) is 14.1. The smallest absolute Gasteiger partial charge is 0.328 e. The van der Waals surface area contributed by atoms with Crippen molar-refractivity contribution in [3.05, 3.63) is 69.5 Å². The summed E-state index contributed by atoms with van der Waals surface area (Å²) >= 11 is 0. The largest absolute Gasteiger partial charge is 0.340 e. The van der Waals surface area contributed by atoms with Gasteiger partial charge in [0.15, 0.2) is 0 Å². The highest BCUT2D eigenvalue weighted by molar-refractivity contribution is 5.66. The lowest BCUT2D eigenvalue weighted by molar-refractivity contribution is 0.429. The van der Waals surface area contributed by atoms with Gasteiger partial charge in [0.2, 0.25) is 5.82 Å². The van der Waals surface area contributed by atoms with Crippen LogP contribution in [0.2, 0.25) is 0 Å². The van der Waals surface area contributed by atoms with Crippen LogP contribution in [0.4, 0.5) is 0 Å². The van der Waals surface area contributed by atoms with E-state index in [2.05, 4.69) is 15.1 Å². The molecule has 1 aromatic carbocycles. The second-order valence-electron chi connectivity index (χ2n) is 5.86. The van der Waals surface area contributed by atoms with Crippen LogP contribution < -0.4 is 11.2 Å². The Bertz CT molecular complexity index is 1200. The molecule has 3 aromatic heterocycles. The first kappa shape index (κ1) is 15.8. The molecule has 0 atom stereocenters. The number of aromatic amines is 1. The summed E-state index contributed by atoms with van der Waals surface area (Å²) < 4.78 is 8.53. The summed E-state index contributed by atoms with van der Waals surface area (Å²) in [6, 6.07) is 13.8. The molecule has 0 aliphatic carbocycles. The third kappa shape index (κ3) is 2.57. The van der Waals surface area contributed by atoms with E-state index in [0.29, 0.717) is 0 Å². The van der Waals surface area contributed by atoms with Crippen molar-refractivity contribution in [3.63, 3.8) is 0 Å². The molecular weight excluding hydrogens is 334 g/mol. The van der Waals surface area contributed by atoms with Gasteiger partial charge in [-0.3, -0.25) is 9.78 Å². The third-order valence-corrected chi connectivity index (χ3v) is 4.19. The van der Waals surface area contributed by atoms with E-state index in [9.17, 15) is 9.59 Å². The van der Waals surface area contributed by atoms with Crippen molar-refractivity contribution in [3.8, 4) is 34.2 Å². The first-order chi connectivity index (χ1) is 12.5. The quantitative estimate of drug-likeness (QED) is 0.608. The first-order valence-corrected chi connectivity index (χ1v) is 7.90. The summed E-state index contributed by atoms with van der Waals surface area (Å²) in [4.78, 5) is 30.0. The fourth-order valence-electron chi connectivity index (χ4n) is 2.78. The maximum absolute atomic E-state index is 12.0. The molecule has 8 heteroatoms. The molecule has 0 aliphatic rings. The minimum Gasteiger partial charge on any atom is -0.340 e. The minimum absolute atomic E-state index is 0.124. The van der Waals surface area contributed by atoms with Crippen molar-refractivity contribution < 1.29 is 4.52 Å². The lowest BCUT2D eigenvalue weighted by Gasteiger charge is -2.05. The summed E-state index contributed by atoms with van der Waals surface area (Å²) in [5.41, 5.74) is 1.90. The normalized spacial score (nSPS) is 11.0. The summed E-state index contributed by atoms with van der Waals surface area (Å²) in [6.45, 7) is 0. The maximum atomic E-state index is 12.0. The lowest BCUT2D eigenvalue weighted by atomic mass is 10.2. The van der Waals surface area contributed by atoms with Crippen LogP contribution in [0, 0.1) is 0 Å². The van der Waals surface area contributed by atoms with Crippen LogP contribution in [0.3, 0.4) is 0 Å². The summed E-state index contributed by atoms with van der Waals surface area (Å²) in [7, 11) is 3.44. The van der Waals surface area contributed by atoms with E-state index >= 15 is 0 Å². The van der Waals surface area contributed by atoms with Crippen molar-refractivity contribution >= 4 is 0 Å². The van der Waals surface area contributed by atoms with Crippen LogP contribution in [0.1, 0.15) is 0 Å². The molecule has 0 bridgehead atoms. The molecule has 3 heterocycles. The lowest BCUT2D eigenvalue weighted by Crippen LogP contribution is -2.28. The number of aromatic nitrogens is 5. The molecule has 0 saturated carbocycles. The van der Waals surface area contributed by atoms with Gasteiger partial charge in [0, 0.05) is 26.0 Å². The number of nitrogens with one attached hydrogen (secondary N) is 1. The fourth-order valence-corrected chi connectivity index (χ4v) is 2.78. The highest BCUT2D eigenvalue weighted by atomic mass is 16.5. The van der Waals surface area contributed by atoms with E-state index in [1.165, 1.54) is 17.8 Å². The molecule has 0 amide bonds. The first-order valence-electron chi connectivity index (χ1n) is 7.90. The van der Waals surface area contributed by atoms with Gasteiger partial charge in [-0.2, -0.15) is 4.98 Å². The van der Waals surface area contributed by atoms with Gasteiger partial charge in [-0.05, 0) is 17.7 Å². The topological polar surface area (TPSA) is 98.7 Å². The molecule has 130 valence electrons. The molecular formula is C18H15N5O3. The number of hydrogen-bond donors (Lipinski definition) is 1. The minimum atomic E-state index is -0.558. The van der Waals surface area contributed by atoms with Crippen LogP contribution >= 0.6 is 0 Å². The number of nitrogens with zero attached hydrogens (tertiary/aromatic N) is 4. The van der Waals surface area contributed by atoms with Crippen molar-refractivity contribution in [1.29, 1.82) is 0 Å². The predicted molar refractivity (Wildman–Crippen MR) is 95.4 cm³/mol. The van der Waals surface area contributed by atoms with Crippen molar-refractivity contribution in [2.45, 2.75) is 0 Å². The zero-order valence-electron chi connectivity index (χ0n) is 14.1. The number of hydrogen-bond acceptors (Lipinski definition) is 5. The molecule has 0 radical (unpaired) electrons. The van der Waals surface area contributed by atoms with E-state index in [1.54, 1.807) is 0 Å². The molecule has 0 saturated heterocycles. The van der Waals surface area contributed by atoms with Crippen molar-refractivity contribution in [2.75, 3.05) is 0 Å². The van der Waals surface area contributed by atoms with Crippen LogP contribution in [0.25, 0.3) is 34.2 Å². The average molecular weight is 349 g/mol. The van der Waals surface area contributed by atoms with Crippen LogP contribution in [0.5, 0.6) is 0 Å². The van der Waals surface area contributed by atoms with Gasteiger partial charge in [-0.1, -0.05) is 35.5 Å². The molecule has 4 rings (SSSR count). The Balaban J connectivity index is 1.76. The second-order valence-corrected chi connectivity index (χ2v) is 5.86. The Kier molecular flexibility index (Phi) is 3.65. The number of benzene rings is 1. The Hall–Kier alpha value is -3.68. The molecule has 0 fully saturated rings. The highest BCUT2D eigenvalue weighted by Crippen LogP contribution is 2.27. The average Bonchev–Trinajstić information content (AvgIpc) is 3.25. The SMILES string of the molecule is Cn1c(-c2ccccc2)ccc1-c1nc(-c2cn(C)c(=O)[nH]c2=O)no1. The molecule has 8 nitrogen and oxygen atoms in total. The molecule has 0 unspecified atom stereocenters. The molecule has 0 spiro atoms. The van der Waals surface area contributed by atoms with Crippen molar-refractivity contribution in [1.82, 2.24) is 24.3 Å². The Morgan fingerprint density at radius 3 is 2.50 bits per heavy atom. The Labute approximate surface area is 147 Å². The van der Waals surface area contributed by atoms with Gasteiger partial charge >= 0.3 is 5.69 Å². The summed E-state index contributed by atoms with van der Waals surface area (Å²) in [6.07, 6.45) is 1.39.